The summed E-state index contributed by atoms with van der Waals surface area (Å²) in [7, 11) is 3.12. The van der Waals surface area contributed by atoms with E-state index in [1.54, 1.807) is 62.7 Å². The first-order chi connectivity index (χ1) is 13.4. The molecule has 1 aliphatic heterocycles. The van der Waals surface area contributed by atoms with Gasteiger partial charge in [-0.25, -0.2) is 0 Å². The molecule has 0 radical (unpaired) electrons. The van der Waals surface area contributed by atoms with Crippen molar-refractivity contribution in [2.75, 3.05) is 27.2 Å². The minimum absolute atomic E-state index is 0.00474. The average Bonchev–Trinajstić information content (AvgIpc) is 2.96. The van der Waals surface area contributed by atoms with E-state index in [4.69, 9.17) is 4.74 Å². The Hall–Kier alpha value is -3.19. The summed E-state index contributed by atoms with van der Waals surface area (Å²) in [5.74, 6) is -0.408. The predicted octanol–water partition coefficient (Wildman–Crippen LogP) is 1.87. The maximum atomic E-state index is 12.4. The minimum atomic E-state index is -0.872. The third kappa shape index (κ3) is 3.89. The fourth-order valence-electron chi connectivity index (χ4n) is 3.16. The Bertz CT molecular complexity index is 876. The van der Waals surface area contributed by atoms with Crippen molar-refractivity contribution in [1.82, 2.24) is 9.80 Å². The smallest absolute Gasteiger partial charge is 0.261 e. The molecular weight excluding hydrogens is 360 g/mol. The van der Waals surface area contributed by atoms with Crippen molar-refractivity contribution in [3.8, 4) is 5.75 Å². The van der Waals surface area contributed by atoms with E-state index in [1.807, 2.05) is 0 Å². The summed E-state index contributed by atoms with van der Waals surface area (Å²) in [6.45, 7) is 0.0961. The van der Waals surface area contributed by atoms with Crippen LogP contribution in [0.5, 0.6) is 5.75 Å². The van der Waals surface area contributed by atoms with Crippen LogP contribution in [0.4, 0.5) is 0 Å². The van der Waals surface area contributed by atoms with Crippen molar-refractivity contribution < 1.29 is 24.2 Å². The van der Waals surface area contributed by atoms with Crippen molar-refractivity contribution in [1.29, 1.82) is 0 Å². The molecule has 1 atom stereocenters. The monoisotopic (exact) mass is 382 g/mol. The number of imide groups is 1. The zero-order chi connectivity index (χ0) is 20.3. The number of carbonyl (C=O) groups is 3. The van der Waals surface area contributed by atoms with E-state index in [9.17, 15) is 19.5 Å². The van der Waals surface area contributed by atoms with Crippen LogP contribution in [0.1, 0.15) is 38.8 Å². The van der Waals surface area contributed by atoms with Crippen LogP contribution >= 0.6 is 0 Å². The van der Waals surface area contributed by atoms with Gasteiger partial charge in [0.2, 0.25) is 5.91 Å². The summed E-state index contributed by atoms with van der Waals surface area (Å²) in [4.78, 5) is 39.6. The Morgan fingerprint density at radius 1 is 1.11 bits per heavy atom. The van der Waals surface area contributed by atoms with Crippen LogP contribution in [0.25, 0.3) is 0 Å². The number of nitrogens with zero attached hydrogens (tertiary/aromatic N) is 2. The van der Waals surface area contributed by atoms with Crippen LogP contribution in [0.15, 0.2) is 48.5 Å². The van der Waals surface area contributed by atoms with Crippen LogP contribution < -0.4 is 4.74 Å². The lowest BCUT2D eigenvalue weighted by Gasteiger charge is -2.22. The maximum absolute atomic E-state index is 12.4. The largest absolute Gasteiger partial charge is 0.497 e. The van der Waals surface area contributed by atoms with Crippen LogP contribution in [0.3, 0.4) is 0 Å². The molecule has 1 aliphatic rings. The molecule has 7 nitrogen and oxygen atoms in total. The summed E-state index contributed by atoms with van der Waals surface area (Å²) in [5.41, 5.74) is 1.36. The van der Waals surface area contributed by atoms with Gasteiger partial charge in [-0.1, -0.05) is 24.3 Å². The van der Waals surface area contributed by atoms with Crippen molar-refractivity contribution in [3.05, 3.63) is 65.2 Å². The van der Waals surface area contributed by atoms with E-state index in [0.717, 1.165) is 4.90 Å². The Morgan fingerprint density at radius 2 is 1.75 bits per heavy atom. The number of methoxy groups -OCH3 is 1. The number of rotatable bonds is 7. The molecule has 3 amide bonds. The molecule has 2 aromatic carbocycles. The molecule has 2 aromatic rings. The summed E-state index contributed by atoms with van der Waals surface area (Å²) in [6, 6.07) is 13.6. The van der Waals surface area contributed by atoms with E-state index in [1.165, 1.54) is 4.90 Å². The second-order valence-corrected chi connectivity index (χ2v) is 6.62. The van der Waals surface area contributed by atoms with Gasteiger partial charge in [0.1, 0.15) is 5.75 Å². The molecule has 0 saturated carbocycles. The van der Waals surface area contributed by atoms with Crippen molar-refractivity contribution in [2.24, 2.45) is 0 Å². The number of hydrogen-bond donors (Lipinski definition) is 1. The number of carbonyl (C=O) groups excluding carboxylic acids is 3. The van der Waals surface area contributed by atoms with Gasteiger partial charge in [-0.3, -0.25) is 19.3 Å². The Labute approximate surface area is 163 Å². The van der Waals surface area contributed by atoms with Gasteiger partial charge in [-0.2, -0.15) is 0 Å². The standard InChI is InChI=1S/C21H22N2O5/c1-22(13-18(24)14-6-5-7-15(12-14)28-2)19(25)10-11-23-20(26)16-8-3-4-9-17(16)21(23)27/h3-9,12,18,24H,10-11,13H2,1-2H3. The summed E-state index contributed by atoms with van der Waals surface area (Å²) in [6.07, 6.45) is -0.879. The number of amides is 3. The van der Waals surface area contributed by atoms with Crippen LogP contribution in [-0.4, -0.2) is 59.9 Å². The van der Waals surface area contributed by atoms with Crippen LogP contribution in [0, 0.1) is 0 Å². The van der Waals surface area contributed by atoms with Gasteiger partial charge in [0.15, 0.2) is 0 Å². The summed E-state index contributed by atoms with van der Waals surface area (Å²) < 4.78 is 5.14. The molecule has 1 unspecified atom stereocenters. The van der Waals surface area contributed by atoms with E-state index in [2.05, 4.69) is 0 Å². The second kappa shape index (κ2) is 8.22. The maximum Gasteiger partial charge on any atom is 0.261 e. The first kappa shape index (κ1) is 19.6. The lowest BCUT2D eigenvalue weighted by atomic mass is 10.1. The molecule has 0 aliphatic carbocycles. The molecule has 146 valence electrons. The number of aliphatic hydroxyl groups excluding tert-OH is 1. The molecule has 1 N–H and O–H groups in total. The van der Waals surface area contributed by atoms with Crippen LogP contribution in [-0.2, 0) is 4.79 Å². The number of likely N-dealkylation sites (N-methyl/N-ethyl adjacent to an activating group) is 1. The zero-order valence-electron chi connectivity index (χ0n) is 15.8. The minimum Gasteiger partial charge on any atom is -0.497 e. The average molecular weight is 382 g/mol. The highest BCUT2D eigenvalue weighted by Crippen LogP contribution is 2.23. The lowest BCUT2D eigenvalue weighted by molar-refractivity contribution is -0.131. The predicted molar refractivity (Wildman–Crippen MR) is 102 cm³/mol. The first-order valence-electron chi connectivity index (χ1n) is 8.93. The highest BCUT2D eigenvalue weighted by molar-refractivity contribution is 6.21. The number of benzene rings is 2. The van der Waals surface area contributed by atoms with Crippen molar-refractivity contribution >= 4 is 17.7 Å². The van der Waals surface area contributed by atoms with Gasteiger partial charge < -0.3 is 14.7 Å². The number of ether oxygens (including phenoxy) is 1. The molecule has 3 rings (SSSR count). The number of fused-ring (bicyclic) bond motifs is 1. The molecule has 0 aromatic heterocycles. The third-order valence-corrected chi connectivity index (χ3v) is 4.78. The fraction of sp³-hybridized carbons (Fsp3) is 0.286. The Kier molecular flexibility index (Phi) is 5.75. The van der Waals surface area contributed by atoms with Crippen molar-refractivity contribution in [3.63, 3.8) is 0 Å². The molecule has 0 saturated heterocycles. The lowest BCUT2D eigenvalue weighted by Crippen LogP contribution is -2.36. The highest BCUT2D eigenvalue weighted by Gasteiger charge is 2.35. The highest BCUT2D eigenvalue weighted by atomic mass is 16.5. The van der Waals surface area contributed by atoms with E-state index in [-0.39, 0.29) is 37.2 Å². The van der Waals surface area contributed by atoms with Gasteiger partial charge in [-0.15, -0.1) is 0 Å². The van der Waals surface area contributed by atoms with Gasteiger partial charge in [-0.05, 0) is 29.8 Å². The second-order valence-electron chi connectivity index (χ2n) is 6.62. The quantitative estimate of drug-likeness (QED) is 0.739. The van der Waals surface area contributed by atoms with E-state index >= 15 is 0 Å². The number of aliphatic hydroxyl groups is 1. The van der Waals surface area contributed by atoms with Gasteiger partial charge in [0.25, 0.3) is 11.8 Å². The third-order valence-electron chi connectivity index (χ3n) is 4.78. The molecule has 0 spiro atoms. The SMILES string of the molecule is COc1cccc(C(O)CN(C)C(=O)CCN2C(=O)c3ccccc3C2=O)c1. The van der Waals surface area contributed by atoms with Gasteiger partial charge in [0.05, 0.1) is 30.9 Å². The number of hydrogen-bond acceptors (Lipinski definition) is 5. The zero-order valence-corrected chi connectivity index (χ0v) is 15.8. The van der Waals surface area contributed by atoms with Gasteiger partial charge >= 0.3 is 0 Å². The van der Waals surface area contributed by atoms with Gasteiger partial charge in [0, 0.05) is 20.0 Å². The fourth-order valence-corrected chi connectivity index (χ4v) is 3.16. The molecule has 7 heteroatoms. The molecule has 0 fully saturated rings. The first-order valence-corrected chi connectivity index (χ1v) is 8.93. The Morgan fingerprint density at radius 3 is 2.36 bits per heavy atom. The van der Waals surface area contributed by atoms with Crippen LogP contribution in [0.2, 0.25) is 0 Å². The molecule has 0 bridgehead atoms. The summed E-state index contributed by atoms with van der Waals surface area (Å²) in [5, 5.41) is 10.4. The molecule has 1 heterocycles. The normalized spacial score (nSPS) is 14.0. The molecule has 28 heavy (non-hydrogen) atoms. The summed E-state index contributed by atoms with van der Waals surface area (Å²) >= 11 is 0. The topological polar surface area (TPSA) is 87.2 Å². The van der Waals surface area contributed by atoms with Crippen molar-refractivity contribution in [2.45, 2.75) is 12.5 Å². The Balaban J connectivity index is 1.56. The van der Waals surface area contributed by atoms with E-state index < -0.39 is 6.10 Å². The molecular formula is C21H22N2O5. The van der Waals surface area contributed by atoms with E-state index in [0.29, 0.717) is 22.4 Å².